The highest BCUT2D eigenvalue weighted by molar-refractivity contribution is 7.10. The number of rotatable bonds is 2. The second-order valence-electron chi connectivity index (χ2n) is 3.60. The highest BCUT2D eigenvalue weighted by Crippen LogP contribution is 2.28. The van der Waals surface area contributed by atoms with Gasteiger partial charge in [-0.15, -0.1) is 11.3 Å². The Labute approximate surface area is 102 Å². The summed E-state index contributed by atoms with van der Waals surface area (Å²) in [4.78, 5) is 1.11. The Hall–Kier alpha value is -0.900. The average molecular weight is 257 g/mol. The van der Waals surface area contributed by atoms with Crippen molar-refractivity contribution in [2.45, 2.75) is 13.0 Å². The molecular weight excluding hydrogens is 247 g/mol. The van der Waals surface area contributed by atoms with Crippen molar-refractivity contribution in [3.8, 4) is 0 Å². The van der Waals surface area contributed by atoms with Gasteiger partial charge in [0.1, 0.15) is 11.9 Å². The third-order valence-corrected chi connectivity index (χ3v) is 3.37. The summed E-state index contributed by atoms with van der Waals surface area (Å²) in [5.74, 6) is -0.437. The van der Waals surface area contributed by atoms with Crippen LogP contribution in [0.5, 0.6) is 0 Å². The van der Waals surface area contributed by atoms with Crippen LogP contribution in [0.15, 0.2) is 29.6 Å². The molecule has 0 aliphatic carbocycles. The molecule has 1 heterocycles. The Bertz CT molecular complexity index is 489. The van der Waals surface area contributed by atoms with E-state index >= 15 is 0 Å². The molecule has 1 unspecified atom stereocenters. The van der Waals surface area contributed by atoms with Crippen LogP contribution in [0.4, 0.5) is 4.39 Å². The number of thiophene rings is 1. The first-order valence-electron chi connectivity index (χ1n) is 4.75. The lowest BCUT2D eigenvalue weighted by Gasteiger charge is -2.09. The van der Waals surface area contributed by atoms with Crippen LogP contribution >= 0.6 is 22.9 Å². The van der Waals surface area contributed by atoms with Gasteiger partial charge in [0.05, 0.1) is 0 Å². The molecule has 1 aromatic heterocycles. The molecule has 2 aromatic rings. The molecule has 0 saturated heterocycles. The minimum Gasteiger partial charge on any atom is -0.384 e. The molecule has 2 rings (SSSR count). The molecule has 0 saturated carbocycles. The number of benzene rings is 1. The lowest BCUT2D eigenvalue weighted by Crippen LogP contribution is -1.98. The highest BCUT2D eigenvalue weighted by Gasteiger charge is 2.13. The molecule has 0 fully saturated rings. The van der Waals surface area contributed by atoms with Crippen LogP contribution in [-0.4, -0.2) is 5.11 Å². The van der Waals surface area contributed by atoms with Crippen molar-refractivity contribution in [1.82, 2.24) is 0 Å². The maximum Gasteiger partial charge on any atom is 0.125 e. The summed E-state index contributed by atoms with van der Waals surface area (Å²) in [5.41, 5.74) is 1.24. The maximum atomic E-state index is 13.1. The van der Waals surface area contributed by atoms with Crippen molar-refractivity contribution in [2.24, 2.45) is 0 Å². The van der Waals surface area contributed by atoms with Crippen molar-refractivity contribution in [1.29, 1.82) is 0 Å². The van der Waals surface area contributed by atoms with Gasteiger partial charge in [0, 0.05) is 9.90 Å². The van der Waals surface area contributed by atoms with Gasteiger partial charge in [0.2, 0.25) is 0 Å². The lowest BCUT2D eigenvalue weighted by atomic mass is 10.0. The fourth-order valence-corrected chi connectivity index (χ4v) is 2.49. The van der Waals surface area contributed by atoms with Crippen LogP contribution in [0.1, 0.15) is 22.1 Å². The Morgan fingerprint density at radius 3 is 2.56 bits per heavy atom. The summed E-state index contributed by atoms with van der Waals surface area (Å²) in [5, 5.41) is 12.2. The molecule has 0 aliphatic rings. The van der Waals surface area contributed by atoms with Crippen LogP contribution in [-0.2, 0) is 0 Å². The second-order valence-corrected chi connectivity index (χ2v) is 5.15. The SMILES string of the molecule is Cc1cc(C(O)c2cc(F)cc(Cl)c2)cs1. The summed E-state index contributed by atoms with van der Waals surface area (Å²) in [6.07, 6.45) is -0.821. The van der Waals surface area contributed by atoms with Crippen molar-refractivity contribution in [2.75, 3.05) is 0 Å². The molecular formula is C12H10ClFOS. The topological polar surface area (TPSA) is 20.2 Å². The predicted octanol–water partition coefficient (Wildman–Crippen LogP) is 3.93. The third-order valence-electron chi connectivity index (χ3n) is 2.27. The van der Waals surface area contributed by atoms with Gasteiger partial charge in [-0.1, -0.05) is 11.6 Å². The van der Waals surface area contributed by atoms with E-state index in [0.29, 0.717) is 10.6 Å². The molecule has 1 N–H and O–H groups in total. The monoisotopic (exact) mass is 256 g/mol. The van der Waals surface area contributed by atoms with E-state index in [0.717, 1.165) is 10.4 Å². The summed E-state index contributed by atoms with van der Waals surface area (Å²) in [7, 11) is 0. The van der Waals surface area contributed by atoms with Gasteiger partial charge in [-0.05, 0) is 47.7 Å². The van der Waals surface area contributed by atoms with Crippen LogP contribution in [0, 0.1) is 12.7 Å². The number of halogens is 2. The smallest absolute Gasteiger partial charge is 0.125 e. The fraction of sp³-hybridized carbons (Fsp3) is 0.167. The van der Waals surface area contributed by atoms with Crippen LogP contribution in [0.2, 0.25) is 5.02 Å². The molecule has 16 heavy (non-hydrogen) atoms. The standard InChI is InChI=1S/C12H10ClFOS/c1-7-2-9(6-16-7)12(15)8-3-10(13)5-11(14)4-8/h2-6,12,15H,1H3. The van der Waals surface area contributed by atoms with E-state index in [1.54, 1.807) is 17.4 Å². The minimum atomic E-state index is -0.821. The molecule has 1 atom stereocenters. The van der Waals surface area contributed by atoms with Gasteiger partial charge >= 0.3 is 0 Å². The molecule has 1 aromatic carbocycles. The average Bonchev–Trinajstić information content (AvgIpc) is 2.62. The molecule has 0 amide bonds. The van der Waals surface area contributed by atoms with E-state index in [1.165, 1.54) is 12.1 Å². The number of hydrogen-bond donors (Lipinski definition) is 1. The number of aliphatic hydroxyl groups is 1. The normalized spacial score (nSPS) is 12.8. The van der Waals surface area contributed by atoms with Gasteiger partial charge in [0.25, 0.3) is 0 Å². The summed E-state index contributed by atoms with van der Waals surface area (Å²) in [6.45, 7) is 1.96. The zero-order valence-corrected chi connectivity index (χ0v) is 10.1. The lowest BCUT2D eigenvalue weighted by molar-refractivity contribution is 0.220. The van der Waals surface area contributed by atoms with Crippen LogP contribution < -0.4 is 0 Å². The Morgan fingerprint density at radius 1 is 1.25 bits per heavy atom. The maximum absolute atomic E-state index is 13.1. The number of hydrogen-bond acceptors (Lipinski definition) is 2. The Balaban J connectivity index is 2.37. The van der Waals surface area contributed by atoms with Crippen LogP contribution in [0.25, 0.3) is 0 Å². The van der Waals surface area contributed by atoms with Crippen LogP contribution in [0.3, 0.4) is 0 Å². The van der Waals surface area contributed by atoms with Gasteiger partial charge in [-0.3, -0.25) is 0 Å². The summed E-state index contributed by atoms with van der Waals surface area (Å²) < 4.78 is 13.1. The molecule has 0 bridgehead atoms. The zero-order chi connectivity index (χ0) is 11.7. The second kappa shape index (κ2) is 4.53. The first kappa shape index (κ1) is 11.6. The fourth-order valence-electron chi connectivity index (χ4n) is 1.53. The van der Waals surface area contributed by atoms with Crippen molar-refractivity contribution in [3.63, 3.8) is 0 Å². The quantitative estimate of drug-likeness (QED) is 0.863. The molecule has 0 aliphatic heterocycles. The van der Waals surface area contributed by atoms with Gasteiger partial charge in [-0.2, -0.15) is 0 Å². The Kier molecular flexibility index (Phi) is 3.28. The predicted molar refractivity (Wildman–Crippen MR) is 64.5 cm³/mol. The number of aliphatic hydroxyl groups excluding tert-OH is 1. The summed E-state index contributed by atoms with van der Waals surface area (Å²) >= 11 is 7.29. The van der Waals surface area contributed by atoms with Gasteiger partial charge in [0.15, 0.2) is 0 Å². The van der Waals surface area contributed by atoms with Crippen molar-refractivity contribution < 1.29 is 9.50 Å². The Morgan fingerprint density at radius 2 is 2.00 bits per heavy atom. The van der Waals surface area contributed by atoms with E-state index < -0.39 is 11.9 Å². The molecule has 1 nitrogen and oxygen atoms in total. The van der Waals surface area contributed by atoms with E-state index in [9.17, 15) is 9.50 Å². The molecule has 0 radical (unpaired) electrons. The van der Waals surface area contributed by atoms with Gasteiger partial charge < -0.3 is 5.11 Å². The largest absolute Gasteiger partial charge is 0.384 e. The van der Waals surface area contributed by atoms with E-state index in [-0.39, 0.29) is 0 Å². The zero-order valence-electron chi connectivity index (χ0n) is 8.58. The van der Waals surface area contributed by atoms with E-state index in [2.05, 4.69) is 0 Å². The summed E-state index contributed by atoms with van der Waals surface area (Å²) in [6, 6.07) is 5.97. The minimum absolute atomic E-state index is 0.293. The molecule has 84 valence electrons. The number of aryl methyl sites for hydroxylation is 1. The van der Waals surface area contributed by atoms with E-state index in [4.69, 9.17) is 11.6 Å². The highest BCUT2D eigenvalue weighted by atomic mass is 35.5. The first-order chi connectivity index (χ1) is 7.56. The first-order valence-corrected chi connectivity index (χ1v) is 6.01. The van der Waals surface area contributed by atoms with Crippen molar-refractivity contribution in [3.05, 3.63) is 56.5 Å². The van der Waals surface area contributed by atoms with Crippen molar-refractivity contribution >= 4 is 22.9 Å². The third kappa shape index (κ3) is 2.43. The van der Waals surface area contributed by atoms with E-state index in [1.807, 2.05) is 18.4 Å². The van der Waals surface area contributed by atoms with Gasteiger partial charge in [-0.25, -0.2) is 4.39 Å². The molecule has 0 spiro atoms. The molecule has 4 heteroatoms.